The van der Waals surface area contributed by atoms with Crippen LogP contribution >= 0.6 is 11.6 Å². The number of halogens is 1. The third-order valence-electron chi connectivity index (χ3n) is 6.01. The average Bonchev–Trinajstić information content (AvgIpc) is 3.16. The minimum atomic E-state index is -0.233. The van der Waals surface area contributed by atoms with Gasteiger partial charge in [0.05, 0.1) is 24.3 Å². The van der Waals surface area contributed by atoms with Gasteiger partial charge in [-0.1, -0.05) is 37.6 Å². The van der Waals surface area contributed by atoms with Crippen molar-refractivity contribution in [3.8, 4) is 0 Å². The molecule has 1 amide bonds. The Bertz CT molecular complexity index is 913. The lowest BCUT2D eigenvalue weighted by atomic mass is 9.96. The van der Waals surface area contributed by atoms with E-state index in [9.17, 15) is 4.79 Å². The first-order valence-electron chi connectivity index (χ1n) is 10.9. The number of fused-ring (bicyclic) bond motifs is 1. The van der Waals surface area contributed by atoms with Crippen LogP contribution < -0.4 is 10.2 Å². The zero-order valence-corrected chi connectivity index (χ0v) is 19.1. The zero-order chi connectivity index (χ0) is 22.0. The molecule has 2 aliphatic rings. The van der Waals surface area contributed by atoms with Crippen molar-refractivity contribution < 1.29 is 9.53 Å². The van der Waals surface area contributed by atoms with Crippen molar-refractivity contribution in [1.82, 2.24) is 20.2 Å². The Balaban J connectivity index is 1.46. The number of hydrogen-bond donors (Lipinski definition) is 1. The Hall–Kier alpha value is -2.22. The highest BCUT2D eigenvalue weighted by Gasteiger charge is 2.32. The second kappa shape index (κ2) is 9.51. The number of rotatable bonds is 6. The molecule has 8 heteroatoms. The highest BCUT2D eigenvalue weighted by Crippen LogP contribution is 2.35. The first-order chi connectivity index (χ1) is 14.9. The predicted octanol–water partition coefficient (Wildman–Crippen LogP) is 3.15. The number of nitrogens with zero attached hydrogens (tertiary/aromatic N) is 4. The Labute approximate surface area is 188 Å². The molecule has 1 aromatic heterocycles. The van der Waals surface area contributed by atoms with Gasteiger partial charge in [0.1, 0.15) is 12.1 Å². The Morgan fingerprint density at radius 3 is 2.58 bits per heavy atom. The fourth-order valence-corrected chi connectivity index (χ4v) is 4.37. The molecule has 3 heterocycles. The van der Waals surface area contributed by atoms with Crippen molar-refractivity contribution >= 4 is 23.3 Å². The van der Waals surface area contributed by atoms with Gasteiger partial charge in [0.15, 0.2) is 0 Å². The van der Waals surface area contributed by atoms with Crippen LogP contribution in [0.4, 0.5) is 5.82 Å². The molecule has 0 saturated carbocycles. The van der Waals surface area contributed by atoms with E-state index in [2.05, 4.69) is 34.0 Å². The minimum absolute atomic E-state index is 0.00209. The van der Waals surface area contributed by atoms with Gasteiger partial charge in [0, 0.05) is 49.4 Å². The van der Waals surface area contributed by atoms with E-state index in [1.807, 2.05) is 36.1 Å². The van der Waals surface area contributed by atoms with Crippen molar-refractivity contribution in [1.29, 1.82) is 0 Å². The SMILES string of the molecule is CC(C)NCC(C(=O)N1CCN(c2ncnc3c2[C@@H](C)OC3)CC1)c1ccc(Cl)cc1. The standard InChI is InChI=1S/C23H30ClN5O2/c1-15(2)25-12-19(17-4-6-18(24)7-5-17)23(30)29-10-8-28(9-11-29)22-21-16(3)31-13-20(21)26-14-27-22/h4-7,14-16,19,25H,8-13H2,1-3H3/t16-,19?/m1/s1. The summed E-state index contributed by atoms with van der Waals surface area (Å²) in [7, 11) is 0. The highest BCUT2D eigenvalue weighted by molar-refractivity contribution is 6.30. The molecule has 2 aromatic rings. The van der Waals surface area contributed by atoms with E-state index in [4.69, 9.17) is 16.3 Å². The monoisotopic (exact) mass is 443 g/mol. The van der Waals surface area contributed by atoms with Gasteiger partial charge < -0.3 is 19.9 Å². The number of aromatic nitrogens is 2. The molecular formula is C23H30ClN5O2. The lowest BCUT2D eigenvalue weighted by Crippen LogP contribution is -2.51. The number of amides is 1. The topological polar surface area (TPSA) is 70.6 Å². The molecule has 1 aromatic carbocycles. The van der Waals surface area contributed by atoms with Gasteiger partial charge in [-0.2, -0.15) is 0 Å². The molecule has 0 aliphatic carbocycles. The molecule has 7 nitrogen and oxygen atoms in total. The number of nitrogens with one attached hydrogen (secondary N) is 1. The van der Waals surface area contributed by atoms with Crippen LogP contribution in [-0.4, -0.2) is 59.5 Å². The summed E-state index contributed by atoms with van der Waals surface area (Å²) < 4.78 is 5.74. The van der Waals surface area contributed by atoms with Crippen LogP contribution in [0.3, 0.4) is 0 Å². The normalized spacial score (nSPS) is 19.6. The van der Waals surface area contributed by atoms with E-state index >= 15 is 0 Å². The Kier molecular flexibility index (Phi) is 6.74. The number of ether oxygens (including phenoxy) is 1. The van der Waals surface area contributed by atoms with Crippen molar-refractivity contribution in [2.24, 2.45) is 0 Å². The molecule has 1 unspecified atom stereocenters. The zero-order valence-electron chi connectivity index (χ0n) is 18.3. The number of carbonyl (C=O) groups excluding carboxylic acids is 1. The smallest absolute Gasteiger partial charge is 0.231 e. The summed E-state index contributed by atoms with van der Waals surface area (Å²) in [5.41, 5.74) is 3.05. The summed E-state index contributed by atoms with van der Waals surface area (Å²) in [5.74, 6) is 0.862. The van der Waals surface area contributed by atoms with Crippen LogP contribution in [0.5, 0.6) is 0 Å². The van der Waals surface area contributed by atoms with Crippen LogP contribution in [0.2, 0.25) is 5.02 Å². The fourth-order valence-electron chi connectivity index (χ4n) is 4.25. The maximum absolute atomic E-state index is 13.5. The first-order valence-corrected chi connectivity index (χ1v) is 11.3. The Morgan fingerprint density at radius 1 is 1.19 bits per heavy atom. The Morgan fingerprint density at radius 2 is 1.90 bits per heavy atom. The fraction of sp³-hybridized carbons (Fsp3) is 0.522. The van der Waals surface area contributed by atoms with Crippen molar-refractivity contribution in [3.05, 3.63) is 52.4 Å². The van der Waals surface area contributed by atoms with Crippen LogP contribution in [0.15, 0.2) is 30.6 Å². The van der Waals surface area contributed by atoms with Gasteiger partial charge in [-0.05, 0) is 24.6 Å². The number of carbonyl (C=O) groups is 1. The summed E-state index contributed by atoms with van der Waals surface area (Å²) in [6, 6.07) is 7.92. The second-order valence-corrected chi connectivity index (χ2v) is 8.93. The lowest BCUT2D eigenvalue weighted by Gasteiger charge is -2.38. The van der Waals surface area contributed by atoms with Crippen LogP contribution in [0.25, 0.3) is 0 Å². The van der Waals surface area contributed by atoms with Crippen molar-refractivity contribution in [3.63, 3.8) is 0 Å². The molecule has 31 heavy (non-hydrogen) atoms. The number of hydrogen-bond acceptors (Lipinski definition) is 6. The van der Waals surface area contributed by atoms with Crippen molar-refractivity contribution in [2.75, 3.05) is 37.6 Å². The molecule has 0 bridgehead atoms. The van der Waals surface area contributed by atoms with Gasteiger partial charge in [0.2, 0.25) is 5.91 Å². The average molecular weight is 444 g/mol. The summed E-state index contributed by atoms with van der Waals surface area (Å²) in [5, 5.41) is 4.10. The van der Waals surface area contributed by atoms with E-state index in [-0.39, 0.29) is 17.9 Å². The van der Waals surface area contributed by atoms with E-state index in [1.54, 1.807) is 6.33 Å². The van der Waals surface area contributed by atoms with E-state index < -0.39 is 0 Å². The van der Waals surface area contributed by atoms with Crippen molar-refractivity contribution in [2.45, 2.75) is 45.4 Å². The number of benzene rings is 1. The van der Waals surface area contributed by atoms with Gasteiger partial charge >= 0.3 is 0 Å². The van der Waals surface area contributed by atoms with Gasteiger partial charge in [-0.25, -0.2) is 9.97 Å². The van der Waals surface area contributed by atoms with Gasteiger partial charge in [0.25, 0.3) is 0 Å². The third kappa shape index (κ3) is 4.84. The maximum Gasteiger partial charge on any atom is 0.231 e. The van der Waals surface area contributed by atoms with E-state index in [0.717, 1.165) is 35.7 Å². The predicted molar refractivity (Wildman–Crippen MR) is 121 cm³/mol. The quantitative estimate of drug-likeness (QED) is 0.739. The molecule has 2 aliphatic heterocycles. The third-order valence-corrected chi connectivity index (χ3v) is 6.27. The largest absolute Gasteiger partial charge is 0.367 e. The molecule has 0 spiro atoms. The van der Waals surface area contributed by atoms with E-state index in [0.29, 0.717) is 37.3 Å². The summed E-state index contributed by atoms with van der Waals surface area (Å²) in [6.07, 6.45) is 1.61. The molecule has 1 fully saturated rings. The molecule has 2 atom stereocenters. The lowest BCUT2D eigenvalue weighted by molar-refractivity contribution is -0.133. The summed E-state index contributed by atoms with van der Waals surface area (Å²) >= 11 is 6.06. The highest BCUT2D eigenvalue weighted by atomic mass is 35.5. The van der Waals surface area contributed by atoms with Crippen LogP contribution in [0, 0.1) is 0 Å². The van der Waals surface area contributed by atoms with Crippen LogP contribution in [-0.2, 0) is 16.1 Å². The minimum Gasteiger partial charge on any atom is -0.367 e. The van der Waals surface area contributed by atoms with Crippen LogP contribution in [0.1, 0.15) is 49.6 Å². The maximum atomic E-state index is 13.5. The number of anilines is 1. The van der Waals surface area contributed by atoms with Gasteiger partial charge in [-0.3, -0.25) is 4.79 Å². The van der Waals surface area contributed by atoms with E-state index in [1.165, 1.54) is 0 Å². The molecule has 1 N–H and O–H groups in total. The molecule has 0 radical (unpaired) electrons. The molecular weight excluding hydrogens is 414 g/mol. The molecule has 166 valence electrons. The summed E-state index contributed by atoms with van der Waals surface area (Å²) in [4.78, 5) is 26.6. The molecule has 1 saturated heterocycles. The molecule has 4 rings (SSSR count). The first kappa shape index (κ1) is 22.0. The number of piperazine rings is 1. The second-order valence-electron chi connectivity index (χ2n) is 8.49. The summed E-state index contributed by atoms with van der Waals surface area (Å²) in [6.45, 7) is 10.2. The van der Waals surface area contributed by atoms with Gasteiger partial charge in [-0.15, -0.1) is 0 Å².